The van der Waals surface area contributed by atoms with E-state index in [0.29, 0.717) is 18.2 Å². The van der Waals surface area contributed by atoms with Crippen molar-refractivity contribution in [3.63, 3.8) is 0 Å². The molecular formula is C13H23NO4S. The average molecular weight is 289 g/mol. The third kappa shape index (κ3) is 7.42. The molecule has 1 rings (SSSR count). The van der Waals surface area contributed by atoms with Crippen LogP contribution in [0.2, 0.25) is 0 Å². The van der Waals surface area contributed by atoms with Crippen molar-refractivity contribution in [1.82, 2.24) is 4.90 Å². The van der Waals surface area contributed by atoms with E-state index in [1.807, 2.05) is 11.8 Å². The van der Waals surface area contributed by atoms with Crippen LogP contribution in [-0.2, 0) is 14.3 Å². The van der Waals surface area contributed by atoms with E-state index in [1.165, 1.54) is 13.5 Å². The lowest BCUT2D eigenvalue weighted by Crippen LogP contribution is -2.38. The molecule has 1 unspecified atom stereocenters. The summed E-state index contributed by atoms with van der Waals surface area (Å²) in [6.45, 7) is 2.62. The smallest absolute Gasteiger partial charge is 0.305 e. The minimum atomic E-state index is -0.729. The quantitative estimate of drug-likeness (QED) is 0.541. The first-order valence-electron chi connectivity index (χ1n) is 6.74. The van der Waals surface area contributed by atoms with Crippen LogP contribution in [-0.4, -0.2) is 59.7 Å². The Morgan fingerprint density at radius 2 is 2.21 bits per heavy atom. The van der Waals surface area contributed by atoms with E-state index < -0.39 is 5.97 Å². The van der Waals surface area contributed by atoms with Crippen LogP contribution >= 0.6 is 11.8 Å². The zero-order chi connectivity index (χ0) is 14.1. The summed E-state index contributed by atoms with van der Waals surface area (Å²) in [4.78, 5) is 23.8. The highest BCUT2D eigenvalue weighted by Gasteiger charge is 2.20. The van der Waals surface area contributed by atoms with E-state index in [0.717, 1.165) is 31.7 Å². The number of piperidine rings is 1. The van der Waals surface area contributed by atoms with Gasteiger partial charge in [0, 0.05) is 24.8 Å². The Kier molecular flexibility index (Phi) is 7.90. The van der Waals surface area contributed by atoms with Gasteiger partial charge in [0.2, 0.25) is 0 Å². The summed E-state index contributed by atoms with van der Waals surface area (Å²) in [5, 5.41) is 9.25. The molecule has 0 saturated carbocycles. The summed E-state index contributed by atoms with van der Waals surface area (Å²) in [7, 11) is 1.41. The summed E-state index contributed by atoms with van der Waals surface area (Å²) in [5.41, 5.74) is 0. The van der Waals surface area contributed by atoms with E-state index in [2.05, 4.69) is 9.64 Å². The fraction of sp³-hybridized carbons (Fsp3) is 0.846. The number of aliphatic carboxylic acids is 1. The molecule has 6 heteroatoms. The van der Waals surface area contributed by atoms with Crippen LogP contribution in [0.4, 0.5) is 0 Å². The van der Waals surface area contributed by atoms with Crippen LogP contribution in [0.5, 0.6) is 0 Å². The summed E-state index contributed by atoms with van der Waals surface area (Å²) in [6, 6.07) is 0. The third-order valence-corrected chi connectivity index (χ3v) is 4.59. The van der Waals surface area contributed by atoms with Crippen molar-refractivity contribution < 1.29 is 19.4 Å². The Hall–Kier alpha value is -0.750. The predicted molar refractivity (Wildman–Crippen MR) is 75.4 cm³/mol. The molecule has 1 heterocycles. The highest BCUT2D eigenvalue weighted by molar-refractivity contribution is 7.99. The number of thioether (sulfide) groups is 1. The van der Waals surface area contributed by atoms with Crippen molar-refractivity contribution in [3.05, 3.63) is 0 Å². The number of nitrogens with zero attached hydrogens (tertiary/aromatic N) is 1. The van der Waals surface area contributed by atoms with Gasteiger partial charge in [0.25, 0.3) is 0 Å². The Balaban J connectivity index is 2.12. The minimum absolute atomic E-state index is 0.146. The molecule has 19 heavy (non-hydrogen) atoms. The Labute approximate surface area is 118 Å². The number of hydrogen-bond acceptors (Lipinski definition) is 5. The molecule has 0 spiro atoms. The highest BCUT2D eigenvalue weighted by Crippen LogP contribution is 2.23. The predicted octanol–water partition coefficient (Wildman–Crippen LogP) is 1.61. The summed E-state index contributed by atoms with van der Waals surface area (Å²) in [6.07, 6.45) is 3.88. The van der Waals surface area contributed by atoms with Crippen molar-refractivity contribution in [2.24, 2.45) is 0 Å². The van der Waals surface area contributed by atoms with Crippen LogP contribution < -0.4 is 0 Å². The normalized spacial score (nSPS) is 20.2. The molecule has 0 aliphatic carbocycles. The van der Waals surface area contributed by atoms with Gasteiger partial charge in [0.15, 0.2) is 0 Å². The number of carbonyl (C=O) groups is 2. The van der Waals surface area contributed by atoms with Crippen molar-refractivity contribution in [2.45, 2.75) is 37.4 Å². The maximum absolute atomic E-state index is 11.0. The zero-order valence-electron chi connectivity index (χ0n) is 11.5. The molecule has 1 atom stereocenters. The van der Waals surface area contributed by atoms with Gasteiger partial charge in [-0.05, 0) is 31.6 Å². The molecule has 1 aliphatic heterocycles. The molecule has 1 N–H and O–H groups in total. The Morgan fingerprint density at radius 1 is 1.42 bits per heavy atom. The van der Waals surface area contributed by atoms with Gasteiger partial charge in [-0.3, -0.25) is 9.59 Å². The van der Waals surface area contributed by atoms with E-state index in [1.54, 1.807) is 0 Å². The van der Waals surface area contributed by atoms with Gasteiger partial charge >= 0.3 is 11.9 Å². The van der Waals surface area contributed by atoms with Crippen LogP contribution in [0.25, 0.3) is 0 Å². The van der Waals surface area contributed by atoms with E-state index >= 15 is 0 Å². The lowest BCUT2D eigenvalue weighted by Gasteiger charge is -2.32. The molecule has 1 saturated heterocycles. The number of esters is 1. The first kappa shape index (κ1) is 16.3. The molecular weight excluding hydrogens is 266 g/mol. The van der Waals surface area contributed by atoms with Crippen LogP contribution in [0.1, 0.15) is 32.1 Å². The van der Waals surface area contributed by atoms with E-state index in [-0.39, 0.29) is 12.4 Å². The molecule has 0 aromatic heterocycles. The van der Waals surface area contributed by atoms with Crippen molar-refractivity contribution >= 4 is 23.7 Å². The maximum atomic E-state index is 11.0. The number of carboxylic acid groups (broad SMARTS) is 1. The van der Waals surface area contributed by atoms with Gasteiger partial charge < -0.3 is 14.7 Å². The Morgan fingerprint density at radius 3 is 2.89 bits per heavy atom. The number of likely N-dealkylation sites (tertiary alicyclic amines) is 1. The summed E-state index contributed by atoms with van der Waals surface area (Å²) < 4.78 is 4.60. The molecule has 5 nitrogen and oxygen atoms in total. The number of carbonyl (C=O) groups excluding carboxylic acids is 1. The van der Waals surface area contributed by atoms with Crippen LogP contribution in [0.15, 0.2) is 0 Å². The van der Waals surface area contributed by atoms with Gasteiger partial charge in [-0.15, -0.1) is 0 Å². The summed E-state index contributed by atoms with van der Waals surface area (Å²) in [5.74, 6) is 0.0900. The standard InChI is InChI=1S/C13H23NO4S/c1-18-13(17)5-3-9-19-11-4-2-7-14(10-11)8-6-12(15)16/h11H,2-10H2,1H3,(H,15,16). The second-order valence-corrected chi connectivity index (χ2v) is 6.17. The molecule has 1 aliphatic rings. The van der Waals surface area contributed by atoms with E-state index in [9.17, 15) is 9.59 Å². The number of methoxy groups -OCH3 is 1. The fourth-order valence-corrected chi connectivity index (χ4v) is 3.47. The molecule has 0 aromatic carbocycles. The minimum Gasteiger partial charge on any atom is -0.481 e. The van der Waals surface area contributed by atoms with Gasteiger partial charge in [0.1, 0.15) is 0 Å². The molecule has 110 valence electrons. The number of rotatable bonds is 8. The number of hydrogen-bond donors (Lipinski definition) is 1. The first-order chi connectivity index (χ1) is 9.11. The van der Waals surface area contributed by atoms with Crippen molar-refractivity contribution in [2.75, 3.05) is 32.5 Å². The zero-order valence-corrected chi connectivity index (χ0v) is 12.3. The number of carboxylic acids is 1. The molecule has 0 bridgehead atoms. The SMILES string of the molecule is COC(=O)CCCSC1CCCN(CCC(=O)O)C1. The van der Waals surface area contributed by atoms with Crippen LogP contribution in [0.3, 0.4) is 0 Å². The molecule has 0 aromatic rings. The topological polar surface area (TPSA) is 66.8 Å². The lowest BCUT2D eigenvalue weighted by molar-refractivity contribution is -0.140. The first-order valence-corrected chi connectivity index (χ1v) is 7.79. The van der Waals surface area contributed by atoms with Crippen molar-refractivity contribution in [1.29, 1.82) is 0 Å². The molecule has 1 fully saturated rings. The van der Waals surface area contributed by atoms with Gasteiger partial charge in [0.05, 0.1) is 13.5 Å². The maximum Gasteiger partial charge on any atom is 0.305 e. The molecule has 0 amide bonds. The number of ether oxygens (including phenoxy) is 1. The monoisotopic (exact) mass is 289 g/mol. The van der Waals surface area contributed by atoms with Gasteiger partial charge in [-0.1, -0.05) is 0 Å². The third-order valence-electron chi connectivity index (χ3n) is 3.21. The van der Waals surface area contributed by atoms with Crippen molar-refractivity contribution in [3.8, 4) is 0 Å². The Bertz CT molecular complexity index is 298. The van der Waals surface area contributed by atoms with Crippen LogP contribution in [0, 0.1) is 0 Å². The average Bonchev–Trinajstić information content (AvgIpc) is 2.41. The summed E-state index contributed by atoms with van der Waals surface area (Å²) >= 11 is 1.89. The largest absolute Gasteiger partial charge is 0.481 e. The lowest BCUT2D eigenvalue weighted by atomic mass is 10.1. The second kappa shape index (κ2) is 9.20. The molecule has 0 radical (unpaired) electrons. The van der Waals surface area contributed by atoms with E-state index in [4.69, 9.17) is 5.11 Å². The fourth-order valence-electron chi connectivity index (χ4n) is 2.17. The van der Waals surface area contributed by atoms with Gasteiger partial charge in [-0.25, -0.2) is 0 Å². The van der Waals surface area contributed by atoms with Gasteiger partial charge in [-0.2, -0.15) is 11.8 Å². The second-order valence-electron chi connectivity index (χ2n) is 4.76. The highest BCUT2D eigenvalue weighted by atomic mass is 32.2.